The van der Waals surface area contributed by atoms with Crippen molar-refractivity contribution in [2.75, 3.05) is 11.9 Å². The molecule has 3 rings (SSSR count). The Balaban J connectivity index is 2.02. The van der Waals surface area contributed by atoms with Crippen molar-refractivity contribution in [1.29, 1.82) is 0 Å². The first-order valence-corrected chi connectivity index (χ1v) is 13.4. The summed E-state index contributed by atoms with van der Waals surface area (Å²) in [5.74, 6) is 0.633. The van der Waals surface area contributed by atoms with Crippen LogP contribution in [0.25, 0.3) is 0 Å². The number of hydrogen-bond acceptors (Lipinski definition) is 4. The predicted octanol–water partition coefficient (Wildman–Crippen LogP) is 8.69. The third-order valence-electron chi connectivity index (χ3n) is 7.00. The second kappa shape index (κ2) is 10.5. The average Bonchev–Trinajstić information content (AvgIpc) is 2.78. The first kappa shape index (κ1) is 29.3. The molecule has 38 heavy (non-hydrogen) atoms. The van der Waals surface area contributed by atoms with E-state index >= 15 is 0 Å². The molecule has 0 aliphatic heterocycles. The fourth-order valence-corrected chi connectivity index (χ4v) is 4.67. The minimum Gasteiger partial charge on any atom is -0.507 e. The Hall–Kier alpha value is -3.27. The number of hydrogen-bond donors (Lipinski definition) is 2. The Bertz CT molecular complexity index is 1330. The molecule has 0 fully saturated rings. The van der Waals surface area contributed by atoms with E-state index in [1.165, 1.54) is 5.56 Å². The summed E-state index contributed by atoms with van der Waals surface area (Å²) < 4.78 is 0. The largest absolute Gasteiger partial charge is 0.507 e. The first-order chi connectivity index (χ1) is 17.4. The van der Waals surface area contributed by atoms with E-state index in [1.54, 1.807) is 6.21 Å². The molecule has 3 aromatic carbocycles. The van der Waals surface area contributed by atoms with Crippen molar-refractivity contribution in [3.05, 3.63) is 81.9 Å². The molecule has 0 spiro atoms. The summed E-state index contributed by atoms with van der Waals surface area (Å²) in [6.45, 7) is 21.9. The lowest BCUT2D eigenvalue weighted by Crippen LogP contribution is -2.21. The number of benzene rings is 3. The van der Waals surface area contributed by atoms with E-state index < -0.39 is 0 Å². The van der Waals surface area contributed by atoms with Gasteiger partial charge in [-0.2, -0.15) is 0 Å². The predicted molar refractivity (Wildman–Crippen MR) is 163 cm³/mol. The molecule has 204 valence electrons. The number of phenols is 2. The lowest BCUT2D eigenvalue weighted by atomic mass is 9.79. The van der Waals surface area contributed by atoms with Crippen LogP contribution in [0.4, 0.5) is 11.4 Å². The molecular formula is C34H46N2O2. The van der Waals surface area contributed by atoms with Crippen molar-refractivity contribution in [3.63, 3.8) is 0 Å². The minimum absolute atomic E-state index is 0.0368. The van der Waals surface area contributed by atoms with Crippen molar-refractivity contribution in [3.8, 4) is 11.5 Å². The van der Waals surface area contributed by atoms with E-state index in [0.717, 1.165) is 33.6 Å². The van der Waals surface area contributed by atoms with E-state index in [0.29, 0.717) is 17.9 Å². The molecule has 4 heteroatoms. The SMILES string of the molecule is Cc1cc(C=Nc2ccccc2N(C)Cc2cc(C(C)(C)C)cc(C(C)(C)C)c2O)c(O)c(C(C)(C)C)c1. The van der Waals surface area contributed by atoms with Gasteiger partial charge in [0.1, 0.15) is 11.5 Å². The second-order valence-corrected chi connectivity index (χ2v) is 13.6. The highest BCUT2D eigenvalue weighted by molar-refractivity contribution is 5.88. The van der Waals surface area contributed by atoms with E-state index in [-0.39, 0.29) is 22.0 Å². The van der Waals surface area contributed by atoms with Gasteiger partial charge < -0.3 is 15.1 Å². The number of aromatic hydroxyl groups is 2. The zero-order valence-corrected chi connectivity index (χ0v) is 25.2. The van der Waals surface area contributed by atoms with Crippen molar-refractivity contribution >= 4 is 17.6 Å². The number of phenolic OH excluding ortho intramolecular Hbond substituents is 2. The van der Waals surface area contributed by atoms with Gasteiger partial charge in [-0.25, -0.2) is 0 Å². The summed E-state index contributed by atoms with van der Waals surface area (Å²) in [5, 5.41) is 22.3. The van der Waals surface area contributed by atoms with Crippen molar-refractivity contribution in [2.45, 2.75) is 92.0 Å². The zero-order valence-electron chi connectivity index (χ0n) is 25.2. The van der Waals surface area contributed by atoms with Gasteiger partial charge >= 0.3 is 0 Å². The monoisotopic (exact) mass is 514 g/mol. The van der Waals surface area contributed by atoms with E-state index in [2.05, 4.69) is 79.3 Å². The summed E-state index contributed by atoms with van der Waals surface area (Å²) in [6, 6.07) is 16.3. The van der Waals surface area contributed by atoms with Gasteiger partial charge in [-0.3, -0.25) is 4.99 Å². The molecule has 0 saturated heterocycles. The molecule has 0 bridgehead atoms. The third-order valence-corrected chi connectivity index (χ3v) is 7.00. The Morgan fingerprint density at radius 3 is 1.92 bits per heavy atom. The maximum Gasteiger partial charge on any atom is 0.128 e. The van der Waals surface area contributed by atoms with Gasteiger partial charge in [-0.05, 0) is 64.1 Å². The fourth-order valence-electron chi connectivity index (χ4n) is 4.67. The van der Waals surface area contributed by atoms with Crippen LogP contribution < -0.4 is 4.90 Å². The van der Waals surface area contributed by atoms with Crippen molar-refractivity contribution in [1.82, 2.24) is 0 Å². The number of nitrogens with zero attached hydrogens (tertiary/aromatic N) is 2. The third kappa shape index (κ3) is 6.59. The molecular weight excluding hydrogens is 468 g/mol. The maximum absolute atomic E-state index is 11.3. The van der Waals surface area contributed by atoms with Gasteiger partial charge in [0.25, 0.3) is 0 Å². The van der Waals surface area contributed by atoms with E-state index in [4.69, 9.17) is 4.99 Å². The smallest absolute Gasteiger partial charge is 0.128 e. The average molecular weight is 515 g/mol. The lowest BCUT2D eigenvalue weighted by molar-refractivity contribution is 0.437. The van der Waals surface area contributed by atoms with Gasteiger partial charge in [0, 0.05) is 36.5 Å². The quantitative estimate of drug-likeness (QED) is 0.335. The van der Waals surface area contributed by atoms with Crippen LogP contribution in [-0.4, -0.2) is 23.5 Å². The van der Waals surface area contributed by atoms with Crippen LogP contribution in [0, 0.1) is 6.92 Å². The van der Waals surface area contributed by atoms with Crippen LogP contribution in [0.3, 0.4) is 0 Å². The summed E-state index contributed by atoms with van der Waals surface area (Å²) >= 11 is 0. The minimum atomic E-state index is -0.178. The molecule has 0 aromatic heterocycles. The van der Waals surface area contributed by atoms with Crippen LogP contribution in [0.5, 0.6) is 11.5 Å². The highest BCUT2D eigenvalue weighted by Crippen LogP contribution is 2.39. The molecule has 0 atom stereocenters. The number of para-hydroxylation sites is 2. The number of anilines is 1. The second-order valence-electron chi connectivity index (χ2n) is 13.6. The van der Waals surface area contributed by atoms with E-state index in [1.807, 2.05) is 50.4 Å². The molecule has 0 aliphatic rings. The molecule has 3 aromatic rings. The molecule has 2 N–H and O–H groups in total. The van der Waals surface area contributed by atoms with Crippen LogP contribution in [0.1, 0.15) is 95.7 Å². The van der Waals surface area contributed by atoms with Crippen LogP contribution in [0.15, 0.2) is 53.5 Å². The topological polar surface area (TPSA) is 56.1 Å². The van der Waals surface area contributed by atoms with Gasteiger partial charge in [-0.15, -0.1) is 0 Å². The van der Waals surface area contributed by atoms with E-state index in [9.17, 15) is 10.2 Å². The molecule has 0 unspecified atom stereocenters. The Labute approximate surface area is 230 Å². The molecule has 4 nitrogen and oxygen atoms in total. The van der Waals surface area contributed by atoms with Gasteiger partial charge in [0.2, 0.25) is 0 Å². The summed E-state index contributed by atoms with van der Waals surface area (Å²) in [4.78, 5) is 6.93. The highest BCUT2D eigenvalue weighted by Gasteiger charge is 2.26. The zero-order chi connectivity index (χ0) is 28.6. The van der Waals surface area contributed by atoms with Gasteiger partial charge in [0.05, 0.1) is 11.4 Å². The van der Waals surface area contributed by atoms with Gasteiger partial charge in [0.15, 0.2) is 0 Å². The number of aliphatic imine (C=N–C) groups is 1. The normalized spacial score (nSPS) is 12.8. The number of rotatable bonds is 5. The first-order valence-electron chi connectivity index (χ1n) is 13.4. The van der Waals surface area contributed by atoms with Crippen molar-refractivity contribution < 1.29 is 10.2 Å². The lowest BCUT2D eigenvalue weighted by Gasteiger charge is -2.29. The molecule has 0 heterocycles. The molecule has 0 aliphatic carbocycles. The Morgan fingerprint density at radius 2 is 1.34 bits per heavy atom. The summed E-state index contributed by atoms with van der Waals surface area (Å²) in [5.41, 5.74) is 7.13. The Kier molecular flexibility index (Phi) is 8.07. The molecule has 0 amide bonds. The fraction of sp³-hybridized carbons (Fsp3) is 0.441. The maximum atomic E-state index is 11.3. The standard InChI is InChI=1S/C34H46N2O2/c1-22-16-23(30(37)26(17-22)33(5,6)7)20-35-28-14-12-13-15-29(28)36(11)21-24-18-25(32(2,3)4)19-27(31(24)38)34(8,9)10/h12-20,37-38H,21H2,1-11H3. The number of aryl methyl sites for hydroxylation is 1. The van der Waals surface area contributed by atoms with Crippen LogP contribution >= 0.6 is 0 Å². The van der Waals surface area contributed by atoms with Gasteiger partial charge in [-0.1, -0.05) is 86.6 Å². The Morgan fingerprint density at radius 1 is 0.763 bits per heavy atom. The highest BCUT2D eigenvalue weighted by atomic mass is 16.3. The van der Waals surface area contributed by atoms with Crippen molar-refractivity contribution in [2.24, 2.45) is 4.99 Å². The summed E-state index contributed by atoms with van der Waals surface area (Å²) in [7, 11) is 2.02. The summed E-state index contributed by atoms with van der Waals surface area (Å²) in [6.07, 6.45) is 1.75. The molecule has 0 saturated carbocycles. The molecule has 0 radical (unpaired) electrons. The van der Waals surface area contributed by atoms with Crippen LogP contribution in [-0.2, 0) is 22.8 Å². The van der Waals surface area contributed by atoms with Crippen LogP contribution in [0.2, 0.25) is 0 Å².